The van der Waals surface area contributed by atoms with E-state index in [1.807, 2.05) is 54.2 Å². The highest BCUT2D eigenvalue weighted by Gasteiger charge is 2.14. The number of aryl methyl sites for hydroxylation is 2. The highest BCUT2D eigenvalue weighted by Crippen LogP contribution is 2.16. The van der Waals surface area contributed by atoms with E-state index in [-0.39, 0.29) is 5.43 Å². The lowest BCUT2D eigenvalue weighted by Crippen LogP contribution is -2.28. The molecule has 0 aliphatic rings. The number of pyridine rings is 2. The lowest BCUT2D eigenvalue weighted by molar-refractivity contribution is 0.247. The maximum Gasteiger partial charge on any atom is 0.213 e. The SMILES string of the molecule is COc1cc(CN(CCCn2cnc3ncncc32)Cc2cn(C)c3ccccc3c2=O)ccn1. The van der Waals surface area contributed by atoms with Crippen LogP contribution in [0, 0.1) is 0 Å². The summed E-state index contributed by atoms with van der Waals surface area (Å²) in [5, 5.41) is 0.739. The van der Waals surface area contributed by atoms with Crippen molar-refractivity contribution < 1.29 is 4.74 Å². The summed E-state index contributed by atoms with van der Waals surface area (Å²) < 4.78 is 9.40. The maximum atomic E-state index is 13.3. The molecule has 0 saturated carbocycles. The van der Waals surface area contributed by atoms with Crippen molar-refractivity contribution >= 4 is 22.1 Å². The largest absolute Gasteiger partial charge is 0.481 e. The summed E-state index contributed by atoms with van der Waals surface area (Å²) in [4.78, 5) is 32.5. The van der Waals surface area contributed by atoms with E-state index in [2.05, 4.69) is 29.4 Å². The highest BCUT2D eigenvalue weighted by molar-refractivity contribution is 5.79. The highest BCUT2D eigenvalue weighted by atomic mass is 16.5. The zero-order valence-electron chi connectivity index (χ0n) is 19.8. The molecule has 0 atom stereocenters. The first-order valence-electron chi connectivity index (χ1n) is 11.5. The van der Waals surface area contributed by atoms with Crippen LogP contribution in [-0.4, -0.2) is 47.6 Å². The van der Waals surface area contributed by atoms with Gasteiger partial charge in [-0.15, -0.1) is 0 Å². The van der Waals surface area contributed by atoms with Crippen molar-refractivity contribution in [2.24, 2.45) is 7.05 Å². The second-order valence-corrected chi connectivity index (χ2v) is 8.55. The van der Waals surface area contributed by atoms with Gasteiger partial charge in [-0.1, -0.05) is 12.1 Å². The number of benzene rings is 1. The molecule has 9 heteroatoms. The van der Waals surface area contributed by atoms with E-state index in [9.17, 15) is 4.79 Å². The molecule has 5 rings (SSSR count). The molecule has 0 fully saturated rings. The van der Waals surface area contributed by atoms with Gasteiger partial charge in [0.15, 0.2) is 11.1 Å². The molecule has 178 valence electrons. The fourth-order valence-corrected chi connectivity index (χ4v) is 4.44. The minimum absolute atomic E-state index is 0.0776. The Hall–Kier alpha value is -4.11. The molecule has 9 nitrogen and oxygen atoms in total. The molecule has 0 amide bonds. The first-order valence-corrected chi connectivity index (χ1v) is 11.5. The van der Waals surface area contributed by atoms with Crippen molar-refractivity contribution in [2.45, 2.75) is 26.1 Å². The van der Waals surface area contributed by atoms with Crippen LogP contribution in [0.1, 0.15) is 17.5 Å². The van der Waals surface area contributed by atoms with E-state index in [0.717, 1.165) is 47.1 Å². The minimum Gasteiger partial charge on any atom is -0.481 e. The van der Waals surface area contributed by atoms with Crippen molar-refractivity contribution in [3.05, 3.63) is 89.0 Å². The Morgan fingerprint density at radius 1 is 1.06 bits per heavy atom. The number of hydrogen-bond donors (Lipinski definition) is 0. The predicted molar refractivity (Wildman–Crippen MR) is 134 cm³/mol. The Morgan fingerprint density at radius 2 is 1.94 bits per heavy atom. The van der Waals surface area contributed by atoms with Crippen molar-refractivity contribution in [2.75, 3.05) is 13.7 Å². The Labute approximate surface area is 202 Å². The molecule has 1 aromatic carbocycles. The molecule has 0 saturated heterocycles. The summed E-state index contributed by atoms with van der Waals surface area (Å²) in [5.74, 6) is 0.578. The predicted octanol–water partition coefficient (Wildman–Crippen LogP) is 3.17. The Morgan fingerprint density at radius 3 is 2.83 bits per heavy atom. The minimum atomic E-state index is 0.0776. The molecule has 0 bridgehead atoms. The number of rotatable bonds is 9. The van der Waals surface area contributed by atoms with Crippen LogP contribution in [0.5, 0.6) is 5.88 Å². The molecule has 0 radical (unpaired) electrons. The van der Waals surface area contributed by atoms with Gasteiger partial charge in [0.25, 0.3) is 0 Å². The molecule has 35 heavy (non-hydrogen) atoms. The molecular weight excluding hydrogens is 442 g/mol. The summed E-state index contributed by atoms with van der Waals surface area (Å²) in [6.07, 6.45) is 9.67. The smallest absolute Gasteiger partial charge is 0.213 e. The Balaban J connectivity index is 1.39. The third-order valence-electron chi connectivity index (χ3n) is 6.15. The van der Waals surface area contributed by atoms with Gasteiger partial charge in [0, 0.05) is 62.6 Å². The molecule has 0 spiro atoms. The van der Waals surface area contributed by atoms with Gasteiger partial charge in [-0.05, 0) is 30.2 Å². The number of para-hydroxylation sites is 1. The van der Waals surface area contributed by atoms with Crippen LogP contribution in [-0.2, 0) is 26.7 Å². The van der Waals surface area contributed by atoms with Gasteiger partial charge in [0.05, 0.1) is 25.2 Å². The summed E-state index contributed by atoms with van der Waals surface area (Å²) in [6.45, 7) is 2.77. The normalized spacial score (nSPS) is 11.5. The van der Waals surface area contributed by atoms with Crippen LogP contribution in [0.25, 0.3) is 22.1 Å². The molecule has 0 aliphatic heterocycles. The standard InChI is InChI=1S/C26H27N7O2/c1-31-15-20(25(34)21-6-3-4-7-22(21)31)16-32(14-19-8-9-28-24(12-19)35-2)10-5-11-33-18-30-26-23(33)13-27-17-29-26/h3-4,6-9,12-13,15,17-18H,5,10-11,14,16H2,1-2H3. The summed E-state index contributed by atoms with van der Waals surface area (Å²) >= 11 is 0. The first kappa shape index (κ1) is 22.7. The number of nitrogens with zero attached hydrogens (tertiary/aromatic N) is 7. The molecule has 0 N–H and O–H groups in total. The van der Waals surface area contributed by atoms with Gasteiger partial charge >= 0.3 is 0 Å². The lowest BCUT2D eigenvalue weighted by atomic mass is 10.1. The molecule has 4 aromatic heterocycles. The van der Waals surface area contributed by atoms with Crippen LogP contribution in [0.3, 0.4) is 0 Å². The number of ether oxygens (including phenoxy) is 1. The summed E-state index contributed by atoms with van der Waals surface area (Å²) in [6, 6.07) is 11.6. The summed E-state index contributed by atoms with van der Waals surface area (Å²) in [5.41, 5.74) is 4.47. The van der Waals surface area contributed by atoms with E-state index < -0.39 is 0 Å². The van der Waals surface area contributed by atoms with Gasteiger partial charge in [0.1, 0.15) is 11.8 Å². The average molecular weight is 470 g/mol. The van der Waals surface area contributed by atoms with Gasteiger partial charge in [-0.2, -0.15) is 0 Å². The number of imidazole rings is 1. The molecule has 4 heterocycles. The van der Waals surface area contributed by atoms with Crippen LogP contribution >= 0.6 is 0 Å². The van der Waals surface area contributed by atoms with Gasteiger partial charge < -0.3 is 13.9 Å². The maximum absolute atomic E-state index is 13.3. The number of fused-ring (bicyclic) bond motifs is 2. The van der Waals surface area contributed by atoms with Crippen LogP contribution < -0.4 is 10.2 Å². The zero-order valence-corrected chi connectivity index (χ0v) is 19.8. The van der Waals surface area contributed by atoms with Gasteiger partial charge in [0.2, 0.25) is 5.88 Å². The van der Waals surface area contributed by atoms with Crippen LogP contribution in [0.15, 0.2) is 72.4 Å². The van der Waals surface area contributed by atoms with Crippen molar-refractivity contribution in [1.29, 1.82) is 0 Å². The Bertz CT molecular complexity index is 1530. The second kappa shape index (κ2) is 10.0. The average Bonchev–Trinajstić information content (AvgIpc) is 3.30. The summed E-state index contributed by atoms with van der Waals surface area (Å²) in [7, 11) is 3.59. The van der Waals surface area contributed by atoms with Gasteiger partial charge in [-0.25, -0.2) is 19.9 Å². The lowest BCUT2D eigenvalue weighted by Gasteiger charge is -2.23. The number of methoxy groups -OCH3 is 1. The van der Waals surface area contributed by atoms with Gasteiger partial charge in [-0.3, -0.25) is 9.69 Å². The van der Waals surface area contributed by atoms with E-state index in [0.29, 0.717) is 24.6 Å². The van der Waals surface area contributed by atoms with E-state index in [1.54, 1.807) is 25.8 Å². The van der Waals surface area contributed by atoms with Crippen LogP contribution in [0.2, 0.25) is 0 Å². The molecule has 0 unspecified atom stereocenters. The topological polar surface area (TPSA) is 91.0 Å². The van der Waals surface area contributed by atoms with Crippen LogP contribution in [0.4, 0.5) is 0 Å². The first-order chi connectivity index (χ1) is 17.1. The molecular formula is C26H27N7O2. The van der Waals surface area contributed by atoms with E-state index in [4.69, 9.17) is 4.74 Å². The van der Waals surface area contributed by atoms with Crippen molar-refractivity contribution in [3.63, 3.8) is 0 Å². The van der Waals surface area contributed by atoms with E-state index >= 15 is 0 Å². The van der Waals surface area contributed by atoms with Crippen molar-refractivity contribution in [1.82, 2.24) is 34.0 Å². The molecule has 0 aliphatic carbocycles. The quantitative estimate of drug-likeness (QED) is 0.327. The Kier molecular flexibility index (Phi) is 6.49. The molecule has 5 aromatic rings. The van der Waals surface area contributed by atoms with E-state index in [1.165, 1.54) is 6.33 Å². The monoisotopic (exact) mass is 469 g/mol. The fourth-order valence-electron chi connectivity index (χ4n) is 4.44. The third-order valence-corrected chi connectivity index (χ3v) is 6.15. The number of hydrogen-bond acceptors (Lipinski definition) is 7. The zero-order chi connectivity index (χ0) is 24.2. The fraction of sp³-hybridized carbons (Fsp3) is 0.269. The second-order valence-electron chi connectivity index (χ2n) is 8.55. The number of aromatic nitrogens is 6. The third kappa shape index (κ3) is 4.90. The van der Waals surface area contributed by atoms with Crippen molar-refractivity contribution in [3.8, 4) is 5.88 Å².